The minimum Gasteiger partial charge on any atom is -0.480 e. The molecule has 0 aromatic carbocycles. The molecule has 9 atom stereocenters. The zero-order valence-corrected chi connectivity index (χ0v) is 25.3. The minimum atomic E-state index is -0.933. The first-order valence-electron chi connectivity index (χ1n) is 16.0. The van der Waals surface area contributed by atoms with Crippen molar-refractivity contribution in [3.05, 3.63) is 11.6 Å². The van der Waals surface area contributed by atoms with Gasteiger partial charge in [0.2, 0.25) is 0 Å². The molecule has 4 rings (SSSR count). The molecule has 0 bridgehead atoms. The van der Waals surface area contributed by atoms with Crippen LogP contribution >= 0.6 is 0 Å². The summed E-state index contributed by atoms with van der Waals surface area (Å²) in [6, 6.07) is -0.716. The number of carboxylic acids is 1. The summed E-state index contributed by atoms with van der Waals surface area (Å²) in [4.78, 5) is 10.1. The van der Waals surface area contributed by atoms with Crippen LogP contribution in [0.25, 0.3) is 0 Å². The van der Waals surface area contributed by atoms with E-state index >= 15 is 0 Å². The number of hydrogen-bond donors (Lipinski definition) is 4. The van der Waals surface area contributed by atoms with E-state index in [2.05, 4.69) is 40.7 Å². The Balaban J connectivity index is 0.000000342. The first-order chi connectivity index (χ1) is 17.9. The van der Waals surface area contributed by atoms with Gasteiger partial charge in [-0.15, -0.1) is 0 Å². The summed E-state index contributed by atoms with van der Waals surface area (Å²) in [5, 5.41) is 18.5. The highest BCUT2D eigenvalue weighted by Gasteiger charge is 2.59. The predicted octanol–water partition coefficient (Wildman–Crippen LogP) is 6.92. The van der Waals surface area contributed by atoms with Gasteiger partial charge in [-0.2, -0.15) is 0 Å². The van der Waals surface area contributed by atoms with E-state index in [0.717, 1.165) is 61.2 Å². The van der Waals surface area contributed by atoms with E-state index in [0.29, 0.717) is 23.8 Å². The number of aliphatic hydroxyl groups is 1. The number of nitrogens with two attached hydrogens (primary N) is 2. The highest BCUT2D eigenvalue weighted by molar-refractivity contribution is 5.72. The van der Waals surface area contributed by atoms with Crippen molar-refractivity contribution in [2.45, 2.75) is 137 Å². The average Bonchev–Trinajstić information content (AvgIpc) is 3.22. The molecule has 38 heavy (non-hydrogen) atoms. The quantitative estimate of drug-likeness (QED) is 0.180. The molecule has 0 spiro atoms. The molecule has 0 heterocycles. The summed E-state index contributed by atoms with van der Waals surface area (Å²) in [5.41, 5.74) is 13.0. The van der Waals surface area contributed by atoms with E-state index in [1.165, 1.54) is 57.8 Å². The summed E-state index contributed by atoms with van der Waals surface area (Å²) in [6.07, 6.45) is 19.3. The van der Waals surface area contributed by atoms with Crippen molar-refractivity contribution in [3.8, 4) is 0 Å². The van der Waals surface area contributed by atoms with Crippen LogP contribution in [0.3, 0.4) is 0 Å². The standard InChI is InChI=1S/C27H46O.C6H14N2O2/c1-18(2)7-6-8-19(3)23-11-12-24-22-10-9-20-17-21(28)13-15-26(20,4)25(22)14-16-27(23,24)5;7-4-2-1-3-5(8)6(9)10/h9,18-19,21-25,28H,6-8,10-17H2,1-5H3;5H,1-4,7-8H2,(H,9,10)/t19?,21-,22-,23+,24-,25-,26-,27+;/m0./s1. The number of allylic oxidation sites excluding steroid dienone is 1. The van der Waals surface area contributed by atoms with E-state index in [9.17, 15) is 9.90 Å². The largest absolute Gasteiger partial charge is 0.480 e. The fourth-order valence-electron chi connectivity index (χ4n) is 9.30. The van der Waals surface area contributed by atoms with Crippen LogP contribution in [0.5, 0.6) is 0 Å². The Hall–Kier alpha value is -0.910. The van der Waals surface area contributed by atoms with Crippen LogP contribution in [0.1, 0.15) is 125 Å². The van der Waals surface area contributed by atoms with Crippen LogP contribution in [-0.4, -0.2) is 34.9 Å². The Bertz CT molecular complexity index is 797. The van der Waals surface area contributed by atoms with Crippen molar-refractivity contribution in [1.82, 2.24) is 0 Å². The number of aliphatic hydroxyl groups excluding tert-OH is 1. The van der Waals surface area contributed by atoms with Gasteiger partial charge in [0.15, 0.2) is 0 Å². The van der Waals surface area contributed by atoms with Gasteiger partial charge in [-0.25, -0.2) is 0 Å². The van der Waals surface area contributed by atoms with Crippen molar-refractivity contribution < 1.29 is 15.0 Å². The lowest BCUT2D eigenvalue weighted by Crippen LogP contribution is -2.50. The van der Waals surface area contributed by atoms with Gasteiger partial charge in [0.05, 0.1) is 6.10 Å². The average molecular weight is 533 g/mol. The third-order valence-corrected chi connectivity index (χ3v) is 11.6. The lowest BCUT2D eigenvalue weighted by molar-refractivity contribution is -0.138. The highest BCUT2D eigenvalue weighted by Crippen LogP contribution is 2.67. The fraction of sp³-hybridized carbons (Fsp3) is 0.909. The van der Waals surface area contributed by atoms with E-state index in [4.69, 9.17) is 16.6 Å². The number of hydrogen-bond acceptors (Lipinski definition) is 4. The van der Waals surface area contributed by atoms with Gasteiger partial charge in [0, 0.05) is 0 Å². The van der Waals surface area contributed by atoms with Crippen LogP contribution in [-0.2, 0) is 4.79 Å². The molecule has 3 fully saturated rings. The second kappa shape index (κ2) is 13.6. The van der Waals surface area contributed by atoms with E-state index in [-0.39, 0.29) is 6.10 Å². The first-order valence-corrected chi connectivity index (χ1v) is 16.0. The van der Waals surface area contributed by atoms with Crippen LogP contribution in [0, 0.1) is 46.3 Å². The van der Waals surface area contributed by atoms with E-state index < -0.39 is 12.0 Å². The van der Waals surface area contributed by atoms with Gasteiger partial charge < -0.3 is 21.7 Å². The Morgan fingerprint density at radius 2 is 1.74 bits per heavy atom. The highest BCUT2D eigenvalue weighted by atomic mass is 16.4. The summed E-state index contributed by atoms with van der Waals surface area (Å²) >= 11 is 0. The van der Waals surface area contributed by atoms with E-state index in [1.54, 1.807) is 5.57 Å². The molecular weight excluding hydrogens is 472 g/mol. The minimum absolute atomic E-state index is 0.0766. The van der Waals surface area contributed by atoms with Crippen molar-refractivity contribution in [1.29, 1.82) is 0 Å². The van der Waals surface area contributed by atoms with Gasteiger partial charge in [0.25, 0.3) is 0 Å². The Kier molecular flexibility index (Phi) is 11.3. The Morgan fingerprint density at radius 3 is 2.39 bits per heavy atom. The smallest absolute Gasteiger partial charge is 0.320 e. The van der Waals surface area contributed by atoms with Crippen LogP contribution in [0.2, 0.25) is 0 Å². The molecule has 0 saturated heterocycles. The second-order valence-corrected chi connectivity index (χ2v) is 14.4. The first kappa shape index (κ1) is 31.6. The molecule has 0 amide bonds. The molecule has 2 unspecified atom stereocenters. The molecule has 0 aliphatic heterocycles. The van der Waals surface area contributed by atoms with Gasteiger partial charge in [-0.3, -0.25) is 4.79 Å². The third-order valence-electron chi connectivity index (χ3n) is 11.6. The molecule has 0 aromatic rings. The van der Waals surface area contributed by atoms with Crippen LogP contribution in [0.15, 0.2) is 11.6 Å². The second-order valence-electron chi connectivity index (χ2n) is 14.4. The number of carboxylic acid groups (broad SMARTS) is 1. The number of carbonyl (C=O) groups is 1. The van der Waals surface area contributed by atoms with Crippen molar-refractivity contribution in [3.63, 3.8) is 0 Å². The fourth-order valence-corrected chi connectivity index (χ4v) is 9.30. The molecule has 6 N–H and O–H groups in total. The van der Waals surface area contributed by atoms with Gasteiger partial charge in [-0.05, 0) is 117 Å². The molecule has 4 aliphatic rings. The maximum Gasteiger partial charge on any atom is 0.320 e. The van der Waals surface area contributed by atoms with Gasteiger partial charge in [0.1, 0.15) is 6.04 Å². The van der Waals surface area contributed by atoms with E-state index in [1.807, 2.05) is 0 Å². The van der Waals surface area contributed by atoms with Gasteiger partial charge in [-0.1, -0.05) is 72.0 Å². The maximum atomic E-state index is 10.2. The molecule has 4 aliphatic carbocycles. The molecule has 5 heteroatoms. The zero-order valence-electron chi connectivity index (χ0n) is 25.3. The van der Waals surface area contributed by atoms with Crippen LogP contribution < -0.4 is 11.5 Å². The monoisotopic (exact) mass is 532 g/mol. The zero-order chi connectivity index (χ0) is 28.1. The maximum absolute atomic E-state index is 10.2. The van der Waals surface area contributed by atoms with Gasteiger partial charge >= 0.3 is 5.97 Å². The number of fused-ring (bicyclic) bond motifs is 5. The van der Waals surface area contributed by atoms with Crippen molar-refractivity contribution in [2.75, 3.05) is 6.54 Å². The summed E-state index contributed by atoms with van der Waals surface area (Å²) in [6.45, 7) is 13.2. The van der Waals surface area contributed by atoms with Crippen LogP contribution in [0.4, 0.5) is 0 Å². The third kappa shape index (κ3) is 7.04. The number of aliphatic carboxylic acids is 1. The molecule has 5 nitrogen and oxygen atoms in total. The predicted molar refractivity (Wildman–Crippen MR) is 158 cm³/mol. The number of unbranched alkanes of at least 4 members (excludes halogenated alkanes) is 1. The molecule has 0 aromatic heterocycles. The lowest BCUT2D eigenvalue weighted by atomic mass is 9.47. The lowest BCUT2D eigenvalue weighted by Gasteiger charge is -2.58. The summed E-state index contributed by atoms with van der Waals surface area (Å²) < 4.78 is 0. The molecule has 0 radical (unpaired) electrons. The Labute approximate surface area is 233 Å². The van der Waals surface area contributed by atoms with Crippen molar-refractivity contribution >= 4 is 5.97 Å². The molecular formula is C33H60N2O3. The topological polar surface area (TPSA) is 110 Å². The normalized spacial score (nSPS) is 37.7. The summed E-state index contributed by atoms with van der Waals surface area (Å²) in [5.74, 6) is 4.52. The molecule has 220 valence electrons. The molecule has 3 saturated carbocycles. The SMILES string of the molecule is CC(C)CCCC(C)[C@H]1CC[C@H]2[C@@H]3CC=C4C[C@@H](O)CC[C@]4(C)[C@H]3CC[C@]12C.NCCCCC(N)C(=O)O. The van der Waals surface area contributed by atoms with Crippen molar-refractivity contribution in [2.24, 2.45) is 57.8 Å². The Morgan fingerprint density at radius 1 is 1.00 bits per heavy atom. The summed E-state index contributed by atoms with van der Waals surface area (Å²) in [7, 11) is 0. The number of rotatable bonds is 10.